The van der Waals surface area contributed by atoms with Crippen molar-refractivity contribution in [3.8, 4) is 0 Å². The number of hydrogen-bond donors (Lipinski definition) is 1. The van der Waals surface area contributed by atoms with Gasteiger partial charge in [-0.2, -0.15) is 0 Å². The van der Waals surface area contributed by atoms with Gasteiger partial charge in [0.1, 0.15) is 0 Å². The van der Waals surface area contributed by atoms with E-state index in [-0.39, 0.29) is 18.8 Å². The molecule has 0 unspecified atom stereocenters. The topological polar surface area (TPSA) is 65.0 Å². The molecule has 5 nitrogen and oxygen atoms in total. The van der Waals surface area contributed by atoms with E-state index in [1.54, 1.807) is 13.8 Å². The number of carboxylic acids is 1. The molecule has 0 bridgehead atoms. The van der Waals surface area contributed by atoms with Crippen LogP contribution in [0, 0.1) is 0 Å². The first-order valence-electron chi connectivity index (χ1n) is 4.53. The molecule has 14 heavy (non-hydrogen) atoms. The predicted octanol–water partition coefficient (Wildman–Crippen LogP) is 0.975. The van der Waals surface area contributed by atoms with Crippen molar-refractivity contribution in [2.24, 2.45) is 0 Å². The summed E-state index contributed by atoms with van der Waals surface area (Å²) in [5, 5.41) is 8.63. The number of carboxylic acid groups (broad SMARTS) is 1. The Kier molecular flexibility index (Phi) is 3.47. The van der Waals surface area contributed by atoms with Gasteiger partial charge in [0.05, 0.1) is 12.5 Å². The van der Waals surface area contributed by atoms with Gasteiger partial charge in [-0.25, -0.2) is 0 Å². The molecule has 5 heteroatoms. The Balaban J connectivity index is 2.56. The van der Waals surface area contributed by atoms with Crippen molar-refractivity contribution < 1.29 is 24.1 Å². The van der Waals surface area contributed by atoms with Crippen LogP contribution < -0.4 is 0 Å². The Hall–Kier alpha value is -0.650. The lowest BCUT2D eigenvalue weighted by Gasteiger charge is -2.39. The molecule has 2 atom stereocenters. The molecule has 82 valence electrons. The van der Waals surface area contributed by atoms with Crippen molar-refractivity contribution in [1.82, 2.24) is 0 Å². The van der Waals surface area contributed by atoms with Crippen molar-refractivity contribution in [2.45, 2.75) is 44.9 Å². The van der Waals surface area contributed by atoms with Gasteiger partial charge in [-0.15, -0.1) is 0 Å². The molecule has 1 fully saturated rings. The normalized spacial score (nSPS) is 31.4. The number of aliphatic carboxylic acids is 1. The van der Waals surface area contributed by atoms with Gasteiger partial charge in [-0.05, 0) is 13.8 Å². The van der Waals surface area contributed by atoms with Crippen molar-refractivity contribution in [3.05, 3.63) is 0 Å². The lowest BCUT2D eigenvalue weighted by Crippen LogP contribution is -2.45. The molecule has 0 aromatic carbocycles. The van der Waals surface area contributed by atoms with Crippen LogP contribution in [-0.4, -0.2) is 36.4 Å². The average molecular weight is 204 g/mol. The third kappa shape index (κ3) is 3.25. The van der Waals surface area contributed by atoms with E-state index in [9.17, 15) is 4.79 Å². The zero-order valence-electron chi connectivity index (χ0n) is 8.65. The van der Waals surface area contributed by atoms with Crippen molar-refractivity contribution in [2.75, 3.05) is 7.11 Å². The summed E-state index contributed by atoms with van der Waals surface area (Å²) in [6.07, 6.45) is -0.303. The van der Waals surface area contributed by atoms with E-state index in [0.717, 1.165) is 0 Å². The largest absolute Gasteiger partial charge is 0.481 e. The standard InChI is InChI=1S/C9H16O5/c1-9(2)13-6(4-7(10)11)5-8(12-3)14-9/h6,8H,4-5H2,1-3H3,(H,10,11)/t6-,8-/m0/s1. The highest BCUT2D eigenvalue weighted by Gasteiger charge is 2.36. The highest BCUT2D eigenvalue weighted by atomic mass is 16.8. The zero-order chi connectivity index (χ0) is 10.8. The molecule has 1 N–H and O–H groups in total. The first kappa shape index (κ1) is 11.4. The molecule has 1 aliphatic rings. The quantitative estimate of drug-likeness (QED) is 0.742. The van der Waals surface area contributed by atoms with Crippen LogP contribution in [-0.2, 0) is 19.0 Å². The maximum absolute atomic E-state index is 10.5. The second kappa shape index (κ2) is 4.25. The summed E-state index contributed by atoms with van der Waals surface area (Å²) in [5.41, 5.74) is 0. The molecular formula is C9H16O5. The number of rotatable bonds is 3. The molecule has 0 aromatic rings. The van der Waals surface area contributed by atoms with Crippen molar-refractivity contribution in [3.63, 3.8) is 0 Å². The molecular weight excluding hydrogens is 188 g/mol. The third-order valence-corrected chi connectivity index (χ3v) is 1.99. The van der Waals surface area contributed by atoms with Gasteiger partial charge >= 0.3 is 5.97 Å². The van der Waals surface area contributed by atoms with Crippen LogP contribution in [0.5, 0.6) is 0 Å². The molecule has 1 saturated heterocycles. The first-order valence-corrected chi connectivity index (χ1v) is 4.53. The van der Waals surface area contributed by atoms with Crippen LogP contribution in [0.3, 0.4) is 0 Å². The third-order valence-electron chi connectivity index (χ3n) is 1.99. The molecule has 1 rings (SSSR count). The van der Waals surface area contributed by atoms with Gasteiger partial charge in [-0.1, -0.05) is 0 Å². The Bertz CT molecular complexity index is 213. The van der Waals surface area contributed by atoms with E-state index in [4.69, 9.17) is 19.3 Å². The summed E-state index contributed by atoms with van der Waals surface area (Å²) in [5.74, 6) is -1.65. The monoisotopic (exact) mass is 204 g/mol. The molecule has 0 saturated carbocycles. The lowest BCUT2D eigenvalue weighted by atomic mass is 10.1. The highest BCUT2D eigenvalue weighted by Crippen LogP contribution is 2.28. The molecule has 0 aliphatic carbocycles. The van der Waals surface area contributed by atoms with E-state index >= 15 is 0 Å². The Morgan fingerprint density at radius 3 is 2.71 bits per heavy atom. The van der Waals surface area contributed by atoms with Gasteiger partial charge in [0, 0.05) is 13.5 Å². The summed E-state index contributed by atoms with van der Waals surface area (Å²) < 4.78 is 15.9. The summed E-state index contributed by atoms with van der Waals surface area (Å²) in [6, 6.07) is 0. The van der Waals surface area contributed by atoms with E-state index in [2.05, 4.69) is 0 Å². The number of methoxy groups -OCH3 is 1. The van der Waals surface area contributed by atoms with Crippen molar-refractivity contribution in [1.29, 1.82) is 0 Å². The highest BCUT2D eigenvalue weighted by molar-refractivity contribution is 5.67. The van der Waals surface area contributed by atoms with E-state index in [1.165, 1.54) is 7.11 Å². The van der Waals surface area contributed by atoms with Crippen LogP contribution in [0.25, 0.3) is 0 Å². The van der Waals surface area contributed by atoms with Gasteiger partial charge in [-0.3, -0.25) is 4.79 Å². The summed E-state index contributed by atoms with van der Waals surface area (Å²) in [6.45, 7) is 3.49. The maximum Gasteiger partial charge on any atom is 0.305 e. The number of ether oxygens (including phenoxy) is 3. The molecule has 0 aromatic heterocycles. The van der Waals surface area contributed by atoms with Gasteiger partial charge in [0.2, 0.25) is 0 Å². The summed E-state index contributed by atoms with van der Waals surface area (Å²) in [7, 11) is 1.53. The second-order valence-electron chi connectivity index (χ2n) is 3.76. The fourth-order valence-electron chi connectivity index (χ4n) is 1.52. The minimum Gasteiger partial charge on any atom is -0.481 e. The second-order valence-corrected chi connectivity index (χ2v) is 3.76. The minimum atomic E-state index is -0.873. The minimum absolute atomic E-state index is 0.0212. The molecule has 0 amide bonds. The van der Waals surface area contributed by atoms with Crippen LogP contribution >= 0.6 is 0 Å². The Labute approximate surface area is 82.9 Å². The van der Waals surface area contributed by atoms with Gasteiger partial charge < -0.3 is 19.3 Å². The SMILES string of the molecule is CO[C@@H]1C[C@H](CC(=O)O)OC(C)(C)O1. The number of hydrogen-bond acceptors (Lipinski definition) is 4. The van der Waals surface area contributed by atoms with Gasteiger partial charge in [0.15, 0.2) is 12.1 Å². The smallest absolute Gasteiger partial charge is 0.305 e. The maximum atomic E-state index is 10.5. The molecule has 1 aliphatic heterocycles. The van der Waals surface area contributed by atoms with Crippen LogP contribution in [0.15, 0.2) is 0 Å². The van der Waals surface area contributed by atoms with E-state index < -0.39 is 11.8 Å². The van der Waals surface area contributed by atoms with Crippen LogP contribution in [0.2, 0.25) is 0 Å². The molecule has 0 radical (unpaired) electrons. The summed E-state index contributed by atoms with van der Waals surface area (Å²) >= 11 is 0. The van der Waals surface area contributed by atoms with E-state index in [1.807, 2.05) is 0 Å². The Morgan fingerprint density at radius 1 is 1.57 bits per heavy atom. The average Bonchev–Trinajstić information content (AvgIpc) is 1.99. The Morgan fingerprint density at radius 2 is 2.21 bits per heavy atom. The predicted molar refractivity (Wildman–Crippen MR) is 47.7 cm³/mol. The van der Waals surface area contributed by atoms with Gasteiger partial charge in [0.25, 0.3) is 0 Å². The molecule has 1 heterocycles. The lowest BCUT2D eigenvalue weighted by molar-refractivity contribution is -0.346. The van der Waals surface area contributed by atoms with E-state index in [0.29, 0.717) is 6.42 Å². The van der Waals surface area contributed by atoms with Crippen LogP contribution in [0.1, 0.15) is 26.7 Å². The molecule has 0 spiro atoms. The first-order chi connectivity index (χ1) is 6.43. The fraction of sp³-hybridized carbons (Fsp3) is 0.889. The zero-order valence-corrected chi connectivity index (χ0v) is 8.65. The number of carbonyl (C=O) groups is 1. The van der Waals surface area contributed by atoms with Crippen LogP contribution in [0.4, 0.5) is 0 Å². The fourth-order valence-corrected chi connectivity index (χ4v) is 1.52. The summed E-state index contributed by atoms with van der Waals surface area (Å²) in [4.78, 5) is 10.5. The van der Waals surface area contributed by atoms with Crippen molar-refractivity contribution >= 4 is 5.97 Å².